The third-order valence-electron chi connectivity index (χ3n) is 1.61. The zero-order valence-electron chi connectivity index (χ0n) is 7.89. The van der Waals surface area contributed by atoms with Gasteiger partial charge in [-0.2, -0.15) is 0 Å². The van der Waals surface area contributed by atoms with Gasteiger partial charge in [0.2, 0.25) is 11.8 Å². The lowest BCUT2D eigenvalue weighted by molar-refractivity contribution is -0.124. The van der Waals surface area contributed by atoms with Gasteiger partial charge in [0.1, 0.15) is 0 Å². The average molecular weight is 207 g/mol. The normalized spacial score (nSPS) is 11.9. The van der Waals surface area contributed by atoms with Gasteiger partial charge in [0, 0.05) is 31.8 Å². The van der Waals surface area contributed by atoms with Gasteiger partial charge in [-0.05, 0) is 0 Å². The van der Waals surface area contributed by atoms with Crippen molar-refractivity contribution in [1.29, 1.82) is 0 Å². The number of halogens is 1. The van der Waals surface area contributed by atoms with Crippen molar-refractivity contribution in [3.05, 3.63) is 0 Å². The highest BCUT2D eigenvalue weighted by atomic mass is 35.5. The maximum Gasteiger partial charge on any atom is 0.224 e. The van der Waals surface area contributed by atoms with Crippen LogP contribution >= 0.6 is 11.6 Å². The summed E-state index contributed by atoms with van der Waals surface area (Å²) in [5, 5.41) is 5.08. The molecule has 0 rings (SSSR count). The van der Waals surface area contributed by atoms with Crippen LogP contribution in [0.3, 0.4) is 0 Å². The number of nitrogens with one attached hydrogen (secondary N) is 2. The molecule has 0 heterocycles. The first kappa shape index (κ1) is 12.2. The van der Waals surface area contributed by atoms with E-state index in [1.54, 1.807) is 14.0 Å². The van der Waals surface area contributed by atoms with E-state index in [0.29, 0.717) is 18.8 Å². The van der Waals surface area contributed by atoms with Crippen molar-refractivity contribution in [2.45, 2.75) is 13.3 Å². The molecular weight excluding hydrogens is 192 g/mol. The topological polar surface area (TPSA) is 58.2 Å². The third-order valence-corrected chi connectivity index (χ3v) is 2.07. The number of carbonyl (C=O) groups is 2. The van der Waals surface area contributed by atoms with Crippen molar-refractivity contribution in [2.24, 2.45) is 5.92 Å². The molecule has 13 heavy (non-hydrogen) atoms. The van der Waals surface area contributed by atoms with Gasteiger partial charge in [-0.15, -0.1) is 11.6 Å². The lowest BCUT2D eigenvalue weighted by Gasteiger charge is -2.08. The largest absolute Gasteiger partial charge is 0.359 e. The number of hydrogen-bond acceptors (Lipinski definition) is 2. The molecule has 2 amide bonds. The van der Waals surface area contributed by atoms with Gasteiger partial charge in [-0.3, -0.25) is 9.59 Å². The molecule has 1 atom stereocenters. The zero-order chi connectivity index (χ0) is 10.3. The molecule has 4 nitrogen and oxygen atoms in total. The fourth-order valence-corrected chi connectivity index (χ4v) is 0.809. The van der Waals surface area contributed by atoms with Gasteiger partial charge in [0.05, 0.1) is 0 Å². The van der Waals surface area contributed by atoms with Crippen molar-refractivity contribution >= 4 is 23.4 Å². The van der Waals surface area contributed by atoms with Gasteiger partial charge >= 0.3 is 0 Å². The Hall–Kier alpha value is -0.770. The summed E-state index contributed by atoms with van der Waals surface area (Å²) in [6, 6.07) is 0. The van der Waals surface area contributed by atoms with Crippen LogP contribution < -0.4 is 10.6 Å². The van der Waals surface area contributed by atoms with Crippen LogP contribution in [0, 0.1) is 5.92 Å². The minimum absolute atomic E-state index is 0.0844. The van der Waals surface area contributed by atoms with E-state index in [1.807, 2.05) is 0 Å². The molecule has 0 aliphatic rings. The van der Waals surface area contributed by atoms with Crippen LogP contribution in [0.5, 0.6) is 0 Å². The molecule has 0 aliphatic heterocycles. The summed E-state index contributed by atoms with van der Waals surface area (Å²) in [6.07, 6.45) is 0.303. The molecule has 2 N–H and O–H groups in total. The van der Waals surface area contributed by atoms with E-state index in [-0.39, 0.29) is 17.7 Å². The van der Waals surface area contributed by atoms with Gasteiger partial charge in [0.25, 0.3) is 0 Å². The SMILES string of the molecule is CNC(=O)CCNC(=O)C(C)CCl. The summed E-state index contributed by atoms with van der Waals surface area (Å²) in [5.41, 5.74) is 0. The number of alkyl halides is 1. The third kappa shape index (κ3) is 5.47. The van der Waals surface area contributed by atoms with Crippen LogP contribution in [-0.2, 0) is 9.59 Å². The molecule has 0 aromatic rings. The molecule has 5 heteroatoms. The Balaban J connectivity index is 3.53. The van der Waals surface area contributed by atoms with Crippen LogP contribution in [0.2, 0.25) is 0 Å². The fourth-order valence-electron chi connectivity index (χ4n) is 0.669. The summed E-state index contributed by atoms with van der Waals surface area (Å²) in [4.78, 5) is 21.9. The number of amides is 2. The van der Waals surface area contributed by atoms with Crippen LogP contribution in [0.15, 0.2) is 0 Å². The van der Waals surface area contributed by atoms with E-state index in [2.05, 4.69) is 10.6 Å². The van der Waals surface area contributed by atoms with Gasteiger partial charge in [-0.25, -0.2) is 0 Å². The predicted molar refractivity (Wildman–Crippen MR) is 51.6 cm³/mol. The maximum atomic E-state index is 11.1. The summed E-state index contributed by atoms with van der Waals surface area (Å²) in [6.45, 7) is 2.10. The van der Waals surface area contributed by atoms with E-state index in [1.165, 1.54) is 0 Å². The Kier molecular flexibility index (Phi) is 6.32. The van der Waals surface area contributed by atoms with E-state index < -0.39 is 0 Å². The van der Waals surface area contributed by atoms with Crippen LogP contribution in [-0.4, -0.2) is 31.3 Å². The Morgan fingerprint density at radius 3 is 2.54 bits per heavy atom. The summed E-state index contributed by atoms with van der Waals surface area (Å²) in [5.74, 6) is -0.102. The second kappa shape index (κ2) is 6.71. The first-order chi connectivity index (χ1) is 6.11. The summed E-state index contributed by atoms with van der Waals surface area (Å²) < 4.78 is 0. The molecule has 0 aromatic carbocycles. The van der Waals surface area contributed by atoms with Crippen molar-refractivity contribution in [3.8, 4) is 0 Å². The second-order valence-electron chi connectivity index (χ2n) is 2.77. The molecular formula is C8H15ClN2O2. The van der Waals surface area contributed by atoms with Crippen molar-refractivity contribution in [1.82, 2.24) is 10.6 Å². The Labute approximate surface area is 83.0 Å². The summed E-state index contributed by atoms with van der Waals surface area (Å²) >= 11 is 5.48. The molecule has 0 bridgehead atoms. The monoisotopic (exact) mass is 206 g/mol. The number of hydrogen-bond donors (Lipinski definition) is 2. The number of carbonyl (C=O) groups excluding carboxylic acids is 2. The lowest BCUT2D eigenvalue weighted by atomic mass is 10.2. The molecule has 0 fully saturated rings. The highest BCUT2D eigenvalue weighted by Crippen LogP contribution is 1.96. The minimum Gasteiger partial charge on any atom is -0.359 e. The molecule has 0 radical (unpaired) electrons. The van der Waals surface area contributed by atoms with E-state index >= 15 is 0 Å². The van der Waals surface area contributed by atoms with E-state index in [9.17, 15) is 9.59 Å². The quantitative estimate of drug-likeness (QED) is 0.628. The molecule has 0 saturated carbocycles. The second-order valence-corrected chi connectivity index (χ2v) is 3.08. The van der Waals surface area contributed by atoms with Crippen LogP contribution in [0.1, 0.15) is 13.3 Å². The Bertz CT molecular complexity index is 185. The molecule has 1 unspecified atom stereocenters. The lowest BCUT2D eigenvalue weighted by Crippen LogP contribution is -2.33. The Morgan fingerprint density at radius 1 is 1.46 bits per heavy atom. The van der Waals surface area contributed by atoms with E-state index in [0.717, 1.165) is 0 Å². The molecule has 0 saturated heterocycles. The average Bonchev–Trinajstić information content (AvgIpc) is 2.15. The molecule has 0 aromatic heterocycles. The summed E-state index contributed by atoms with van der Waals surface area (Å²) in [7, 11) is 1.56. The first-order valence-electron chi connectivity index (χ1n) is 4.16. The van der Waals surface area contributed by atoms with E-state index in [4.69, 9.17) is 11.6 Å². The standard InChI is InChI=1S/C8H15ClN2O2/c1-6(5-9)8(13)11-4-3-7(12)10-2/h6H,3-5H2,1-2H3,(H,10,12)(H,11,13). The predicted octanol–water partition coefficient (Wildman–Crippen LogP) is 0.114. The highest BCUT2D eigenvalue weighted by Gasteiger charge is 2.10. The first-order valence-corrected chi connectivity index (χ1v) is 4.69. The molecule has 76 valence electrons. The van der Waals surface area contributed by atoms with Gasteiger partial charge in [0.15, 0.2) is 0 Å². The van der Waals surface area contributed by atoms with Crippen LogP contribution in [0.25, 0.3) is 0 Å². The van der Waals surface area contributed by atoms with Gasteiger partial charge in [-0.1, -0.05) is 6.92 Å². The Morgan fingerprint density at radius 2 is 2.08 bits per heavy atom. The smallest absolute Gasteiger partial charge is 0.224 e. The number of rotatable bonds is 5. The molecule has 0 spiro atoms. The highest BCUT2D eigenvalue weighted by molar-refractivity contribution is 6.19. The van der Waals surface area contributed by atoms with Crippen molar-refractivity contribution in [2.75, 3.05) is 19.5 Å². The zero-order valence-corrected chi connectivity index (χ0v) is 8.65. The minimum atomic E-state index is -0.202. The van der Waals surface area contributed by atoms with Gasteiger partial charge < -0.3 is 10.6 Å². The maximum absolute atomic E-state index is 11.1. The molecule has 0 aliphatic carbocycles. The van der Waals surface area contributed by atoms with Crippen LogP contribution in [0.4, 0.5) is 0 Å². The van der Waals surface area contributed by atoms with Crippen molar-refractivity contribution < 1.29 is 9.59 Å². The van der Waals surface area contributed by atoms with Crippen molar-refractivity contribution in [3.63, 3.8) is 0 Å². The fraction of sp³-hybridized carbons (Fsp3) is 0.750.